The SMILES string of the molecule is C.CCOC(=O)CNCc1ccc(CN2CCCC2)cc1.O=C(O)C(=O)O. The molecular weight excluding hydrogens is 352 g/mol. The number of nitrogens with zero attached hydrogens (tertiary/aromatic N) is 1. The van der Waals surface area contributed by atoms with Crippen LogP contribution < -0.4 is 5.32 Å². The molecule has 0 radical (unpaired) electrons. The van der Waals surface area contributed by atoms with E-state index >= 15 is 0 Å². The minimum absolute atomic E-state index is 0. The summed E-state index contributed by atoms with van der Waals surface area (Å²) in [5.41, 5.74) is 2.56. The van der Waals surface area contributed by atoms with E-state index in [4.69, 9.17) is 24.5 Å². The van der Waals surface area contributed by atoms with Crippen LogP contribution in [-0.2, 0) is 32.2 Å². The number of carboxylic acid groups (broad SMARTS) is 2. The minimum atomic E-state index is -1.82. The molecule has 0 amide bonds. The average Bonchev–Trinajstić information content (AvgIpc) is 3.10. The highest BCUT2D eigenvalue weighted by Gasteiger charge is 2.11. The Morgan fingerprint density at radius 2 is 1.56 bits per heavy atom. The van der Waals surface area contributed by atoms with E-state index < -0.39 is 11.9 Å². The summed E-state index contributed by atoms with van der Waals surface area (Å²) in [6, 6.07) is 8.62. The molecule has 0 unspecified atom stereocenters. The number of carboxylic acids is 2. The van der Waals surface area contributed by atoms with Gasteiger partial charge in [0.15, 0.2) is 0 Å². The predicted octanol–water partition coefficient (Wildman–Crippen LogP) is 1.73. The Morgan fingerprint density at radius 1 is 1.04 bits per heavy atom. The maximum atomic E-state index is 11.2. The molecule has 3 N–H and O–H groups in total. The van der Waals surface area contributed by atoms with Gasteiger partial charge < -0.3 is 20.3 Å². The number of hydrogen-bond donors (Lipinski definition) is 3. The van der Waals surface area contributed by atoms with Gasteiger partial charge in [-0.1, -0.05) is 31.7 Å². The average molecular weight is 382 g/mol. The van der Waals surface area contributed by atoms with Crippen molar-refractivity contribution in [3.63, 3.8) is 0 Å². The third kappa shape index (κ3) is 11.0. The van der Waals surface area contributed by atoms with Gasteiger partial charge in [0.25, 0.3) is 0 Å². The molecule has 1 fully saturated rings. The number of benzene rings is 1. The second kappa shape index (κ2) is 13.7. The first-order chi connectivity index (χ1) is 12.4. The smallest absolute Gasteiger partial charge is 0.414 e. The number of carbonyl (C=O) groups is 3. The number of carbonyl (C=O) groups excluding carboxylic acids is 1. The van der Waals surface area contributed by atoms with Crippen LogP contribution >= 0.6 is 0 Å². The summed E-state index contributed by atoms with van der Waals surface area (Å²) in [7, 11) is 0. The number of likely N-dealkylation sites (tertiary alicyclic amines) is 1. The number of ether oxygens (including phenoxy) is 1. The maximum Gasteiger partial charge on any atom is 0.414 e. The van der Waals surface area contributed by atoms with Crippen molar-refractivity contribution < 1.29 is 29.3 Å². The van der Waals surface area contributed by atoms with Gasteiger partial charge in [-0.15, -0.1) is 0 Å². The van der Waals surface area contributed by atoms with Crippen LogP contribution in [0.3, 0.4) is 0 Å². The first-order valence-electron chi connectivity index (χ1n) is 8.55. The normalized spacial score (nSPS) is 13.1. The van der Waals surface area contributed by atoms with Crippen molar-refractivity contribution in [1.29, 1.82) is 0 Å². The summed E-state index contributed by atoms with van der Waals surface area (Å²) in [5.74, 6) is -3.84. The Morgan fingerprint density at radius 3 is 2.04 bits per heavy atom. The van der Waals surface area contributed by atoms with Crippen molar-refractivity contribution in [1.82, 2.24) is 10.2 Å². The van der Waals surface area contributed by atoms with Crippen LogP contribution in [0.1, 0.15) is 38.3 Å². The van der Waals surface area contributed by atoms with Gasteiger partial charge in [0, 0.05) is 13.1 Å². The molecule has 1 aliphatic heterocycles. The number of nitrogens with one attached hydrogen (secondary N) is 1. The van der Waals surface area contributed by atoms with Crippen molar-refractivity contribution in [2.24, 2.45) is 0 Å². The molecule has 27 heavy (non-hydrogen) atoms. The number of rotatable bonds is 7. The fraction of sp³-hybridized carbons (Fsp3) is 0.526. The maximum absolute atomic E-state index is 11.2. The Labute approximate surface area is 160 Å². The fourth-order valence-electron chi connectivity index (χ4n) is 2.48. The van der Waals surface area contributed by atoms with Gasteiger partial charge in [-0.05, 0) is 44.0 Å². The molecule has 8 nitrogen and oxygen atoms in total. The zero-order chi connectivity index (χ0) is 19.4. The van der Waals surface area contributed by atoms with Crippen LogP contribution in [0.5, 0.6) is 0 Å². The zero-order valence-corrected chi connectivity index (χ0v) is 14.9. The largest absolute Gasteiger partial charge is 0.473 e. The molecule has 0 bridgehead atoms. The van der Waals surface area contributed by atoms with Gasteiger partial charge in [0.1, 0.15) is 0 Å². The molecule has 0 atom stereocenters. The third-order valence-corrected chi connectivity index (χ3v) is 3.71. The summed E-state index contributed by atoms with van der Waals surface area (Å²) < 4.78 is 4.87. The van der Waals surface area contributed by atoms with Crippen molar-refractivity contribution >= 4 is 17.9 Å². The minimum Gasteiger partial charge on any atom is -0.473 e. The van der Waals surface area contributed by atoms with Crippen molar-refractivity contribution in [2.45, 2.75) is 40.3 Å². The van der Waals surface area contributed by atoms with Crippen LogP contribution in [0.2, 0.25) is 0 Å². The molecule has 1 saturated heterocycles. The molecule has 1 aromatic carbocycles. The molecule has 152 valence electrons. The molecule has 1 heterocycles. The van der Waals surface area contributed by atoms with Crippen molar-refractivity contribution in [3.8, 4) is 0 Å². The van der Waals surface area contributed by atoms with E-state index in [1.165, 1.54) is 37.1 Å². The van der Waals surface area contributed by atoms with Gasteiger partial charge in [-0.3, -0.25) is 9.69 Å². The van der Waals surface area contributed by atoms with Crippen LogP contribution in [-0.4, -0.2) is 59.3 Å². The number of aliphatic carboxylic acids is 2. The van der Waals surface area contributed by atoms with Gasteiger partial charge >= 0.3 is 17.9 Å². The molecule has 2 rings (SSSR count). The predicted molar refractivity (Wildman–Crippen MR) is 101 cm³/mol. The fourth-order valence-corrected chi connectivity index (χ4v) is 2.48. The lowest BCUT2D eigenvalue weighted by molar-refractivity contribution is -0.159. The molecule has 0 saturated carbocycles. The molecule has 0 aromatic heterocycles. The lowest BCUT2D eigenvalue weighted by Gasteiger charge is -2.14. The lowest BCUT2D eigenvalue weighted by Crippen LogP contribution is -2.24. The molecule has 0 aliphatic carbocycles. The molecule has 8 heteroatoms. The van der Waals surface area contributed by atoms with Gasteiger partial charge in [0.05, 0.1) is 13.2 Å². The summed E-state index contributed by atoms with van der Waals surface area (Å²) in [6.45, 7) is 6.72. The monoisotopic (exact) mass is 382 g/mol. The van der Waals surface area contributed by atoms with Crippen LogP contribution in [0.15, 0.2) is 24.3 Å². The van der Waals surface area contributed by atoms with E-state index in [9.17, 15) is 4.79 Å². The summed E-state index contributed by atoms with van der Waals surface area (Å²) in [5, 5.41) is 17.9. The summed E-state index contributed by atoms with van der Waals surface area (Å²) in [6.07, 6.45) is 2.66. The molecule has 1 aromatic rings. The summed E-state index contributed by atoms with van der Waals surface area (Å²) >= 11 is 0. The number of hydrogen-bond acceptors (Lipinski definition) is 6. The van der Waals surface area contributed by atoms with E-state index in [1.807, 2.05) is 6.92 Å². The first-order valence-corrected chi connectivity index (χ1v) is 8.55. The van der Waals surface area contributed by atoms with Gasteiger partial charge in [0.2, 0.25) is 0 Å². The summed E-state index contributed by atoms with van der Waals surface area (Å²) in [4.78, 5) is 31.9. The molecule has 0 spiro atoms. The Kier molecular flexibility index (Phi) is 12.5. The van der Waals surface area contributed by atoms with E-state index in [2.05, 4.69) is 34.5 Å². The second-order valence-electron chi connectivity index (χ2n) is 5.82. The Hall–Kier alpha value is -2.45. The first kappa shape index (κ1) is 24.6. The van der Waals surface area contributed by atoms with E-state index in [0.717, 1.165) is 6.54 Å². The van der Waals surface area contributed by atoms with Gasteiger partial charge in [-0.25, -0.2) is 9.59 Å². The Bertz CT molecular complexity index is 570. The van der Waals surface area contributed by atoms with Crippen molar-refractivity contribution in [3.05, 3.63) is 35.4 Å². The van der Waals surface area contributed by atoms with Crippen LogP contribution in [0.4, 0.5) is 0 Å². The highest BCUT2D eigenvalue weighted by atomic mass is 16.5. The van der Waals surface area contributed by atoms with Crippen molar-refractivity contribution in [2.75, 3.05) is 26.2 Å². The lowest BCUT2D eigenvalue weighted by atomic mass is 10.1. The van der Waals surface area contributed by atoms with Gasteiger partial charge in [-0.2, -0.15) is 0 Å². The molecule has 1 aliphatic rings. The Balaban J connectivity index is 0.000000842. The highest BCUT2D eigenvalue weighted by Crippen LogP contribution is 2.13. The zero-order valence-electron chi connectivity index (χ0n) is 14.9. The topological polar surface area (TPSA) is 116 Å². The van der Waals surface area contributed by atoms with E-state index in [1.54, 1.807) is 0 Å². The van der Waals surface area contributed by atoms with E-state index in [0.29, 0.717) is 13.2 Å². The third-order valence-electron chi connectivity index (χ3n) is 3.71. The highest BCUT2D eigenvalue weighted by molar-refractivity contribution is 6.27. The standard InChI is InChI=1S/C16H24N2O2.C2H2O4.CH4/c1-2-20-16(19)12-17-11-14-5-7-15(8-6-14)13-18-9-3-4-10-18;3-1(4)2(5)6;/h5-8,17H,2-4,9-13H2,1H3;(H,3,4)(H,5,6);1H4. The second-order valence-corrected chi connectivity index (χ2v) is 5.82. The quantitative estimate of drug-likeness (QED) is 0.482. The van der Waals surface area contributed by atoms with Crippen LogP contribution in [0, 0.1) is 0 Å². The number of esters is 1. The van der Waals surface area contributed by atoms with Crippen LogP contribution in [0.25, 0.3) is 0 Å². The molecular formula is C19H30N2O6. The van der Waals surface area contributed by atoms with E-state index in [-0.39, 0.29) is 19.9 Å².